The quantitative estimate of drug-likeness (QED) is 0.739. The summed E-state index contributed by atoms with van der Waals surface area (Å²) in [5.74, 6) is -0.507. The summed E-state index contributed by atoms with van der Waals surface area (Å²) in [7, 11) is 1.31. The summed E-state index contributed by atoms with van der Waals surface area (Å²) < 4.78 is 16.4. The average molecular weight is 383 g/mol. The third-order valence-electron chi connectivity index (χ3n) is 4.80. The van der Waals surface area contributed by atoms with Crippen LogP contribution in [-0.4, -0.2) is 41.9 Å². The zero-order valence-electron chi connectivity index (χ0n) is 16.3. The Bertz CT molecular complexity index is 806. The van der Waals surface area contributed by atoms with Crippen LogP contribution in [-0.2, 0) is 32.0 Å². The number of hydrogen-bond donors (Lipinski definition) is 0. The van der Waals surface area contributed by atoms with Crippen molar-refractivity contribution in [2.75, 3.05) is 7.11 Å². The zero-order chi connectivity index (χ0) is 20.1. The van der Waals surface area contributed by atoms with E-state index in [0.717, 1.165) is 11.1 Å². The van der Waals surface area contributed by atoms with Gasteiger partial charge in [0.15, 0.2) is 6.10 Å². The molecule has 6 heteroatoms. The molecule has 6 nitrogen and oxygen atoms in total. The van der Waals surface area contributed by atoms with Gasteiger partial charge in [0.05, 0.1) is 13.2 Å². The van der Waals surface area contributed by atoms with Gasteiger partial charge in [-0.05, 0) is 31.4 Å². The SMILES string of the molecule is COC(=O)[C@H]1OC(C)(C)N(C(=O)OCc2ccccc2)[C@@H]1Cc1ccccc1. The molecule has 2 aromatic carbocycles. The Morgan fingerprint density at radius 1 is 1.00 bits per heavy atom. The van der Waals surface area contributed by atoms with Crippen LogP contribution >= 0.6 is 0 Å². The van der Waals surface area contributed by atoms with Crippen LogP contribution in [0.1, 0.15) is 25.0 Å². The second-order valence-corrected chi connectivity index (χ2v) is 7.18. The molecule has 28 heavy (non-hydrogen) atoms. The minimum absolute atomic E-state index is 0.146. The first-order chi connectivity index (χ1) is 13.4. The number of benzene rings is 2. The molecule has 0 saturated carbocycles. The van der Waals surface area contributed by atoms with Crippen LogP contribution in [0, 0.1) is 0 Å². The van der Waals surface area contributed by atoms with Crippen LogP contribution in [0.2, 0.25) is 0 Å². The van der Waals surface area contributed by atoms with E-state index >= 15 is 0 Å². The lowest BCUT2D eigenvalue weighted by Gasteiger charge is -2.32. The van der Waals surface area contributed by atoms with Gasteiger partial charge in [-0.25, -0.2) is 9.59 Å². The van der Waals surface area contributed by atoms with Crippen molar-refractivity contribution in [3.05, 3.63) is 71.8 Å². The van der Waals surface area contributed by atoms with Crippen LogP contribution in [0.15, 0.2) is 60.7 Å². The number of rotatable bonds is 5. The predicted molar refractivity (Wildman–Crippen MR) is 103 cm³/mol. The first-order valence-corrected chi connectivity index (χ1v) is 9.22. The molecule has 3 rings (SSSR count). The molecule has 0 bridgehead atoms. The van der Waals surface area contributed by atoms with Crippen molar-refractivity contribution in [3.63, 3.8) is 0 Å². The van der Waals surface area contributed by atoms with Gasteiger partial charge in [0.1, 0.15) is 12.3 Å². The lowest BCUT2D eigenvalue weighted by molar-refractivity contribution is -0.158. The lowest BCUT2D eigenvalue weighted by Crippen LogP contribution is -2.50. The molecule has 1 fully saturated rings. The largest absolute Gasteiger partial charge is 0.467 e. The highest BCUT2D eigenvalue weighted by Crippen LogP contribution is 2.35. The van der Waals surface area contributed by atoms with E-state index in [1.54, 1.807) is 13.8 Å². The first kappa shape index (κ1) is 19.9. The van der Waals surface area contributed by atoms with Crippen LogP contribution in [0.3, 0.4) is 0 Å². The Balaban J connectivity index is 1.83. The Morgan fingerprint density at radius 2 is 1.57 bits per heavy atom. The molecule has 1 saturated heterocycles. The number of amides is 1. The summed E-state index contributed by atoms with van der Waals surface area (Å²) in [4.78, 5) is 26.8. The van der Waals surface area contributed by atoms with E-state index in [0.29, 0.717) is 6.42 Å². The highest BCUT2D eigenvalue weighted by Gasteiger charge is 2.53. The van der Waals surface area contributed by atoms with E-state index in [1.165, 1.54) is 12.0 Å². The Morgan fingerprint density at radius 3 is 2.14 bits per heavy atom. The second kappa shape index (κ2) is 8.44. The Kier molecular flexibility index (Phi) is 5.99. The highest BCUT2D eigenvalue weighted by molar-refractivity contribution is 5.78. The van der Waals surface area contributed by atoms with Gasteiger partial charge in [0.25, 0.3) is 0 Å². The van der Waals surface area contributed by atoms with Gasteiger partial charge in [-0.3, -0.25) is 4.90 Å². The summed E-state index contributed by atoms with van der Waals surface area (Å²) in [6.45, 7) is 3.64. The minimum atomic E-state index is -1.01. The summed E-state index contributed by atoms with van der Waals surface area (Å²) >= 11 is 0. The number of methoxy groups -OCH3 is 1. The lowest BCUT2D eigenvalue weighted by atomic mass is 10.0. The van der Waals surface area contributed by atoms with Crippen LogP contribution in [0.4, 0.5) is 4.79 Å². The number of ether oxygens (including phenoxy) is 3. The highest BCUT2D eigenvalue weighted by atomic mass is 16.6. The molecule has 0 N–H and O–H groups in total. The minimum Gasteiger partial charge on any atom is -0.467 e. The number of carbonyl (C=O) groups is 2. The molecule has 1 aliphatic heterocycles. The standard InChI is InChI=1S/C22H25NO5/c1-22(2)23(21(25)27-15-17-12-8-5-9-13-17)18(19(28-22)20(24)26-3)14-16-10-6-4-7-11-16/h4-13,18-19H,14-15H2,1-3H3/t18-,19+/m1/s1. The van der Waals surface area contributed by atoms with E-state index < -0.39 is 29.9 Å². The molecule has 0 spiro atoms. The predicted octanol–water partition coefficient (Wildman–Crippen LogP) is 3.54. The van der Waals surface area contributed by atoms with Crippen molar-refractivity contribution in [1.29, 1.82) is 0 Å². The van der Waals surface area contributed by atoms with E-state index in [2.05, 4.69) is 0 Å². The van der Waals surface area contributed by atoms with Gasteiger partial charge in [0, 0.05) is 0 Å². The third kappa shape index (κ3) is 4.34. The van der Waals surface area contributed by atoms with Gasteiger partial charge in [0.2, 0.25) is 0 Å². The first-order valence-electron chi connectivity index (χ1n) is 9.22. The van der Waals surface area contributed by atoms with Gasteiger partial charge in [-0.15, -0.1) is 0 Å². The topological polar surface area (TPSA) is 65.1 Å². The summed E-state index contributed by atoms with van der Waals surface area (Å²) in [5, 5.41) is 0. The number of esters is 1. The molecular formula is C22H25NO5. The molecule has 0 aromatic heterocycles. The second-order valence-electron chi connectivity index (χ2n) is 7.18. The maximum Gasteiger partial charge on any atom is 0.412 e. The van der Waals surface area contributed by atoms with Crippen molar-refractivity contribution >= 4 is 12.1 Å². The van der Waals surface area contributed by atoms with E-state index in [9.17, 15) is 9.59 Å². The Hall–Kier alpha value is -2.86. The zero-order valence-corrected chi connectivity index (χ0v) is 16.3. The van der Waals surface area contributed by atoms with E-state index in [4.69, 9.17) is 14.2 Å². The van der Waals surface area contributed by atoms with Crippen molar-refractivity contribution < 1.29 is 23.8 Å². The molecule has 148 valence electrons. The molecule has 1 amide bonds. The molecule has 2 aromatic rings. The fourth-order valence-electron chi connectivity index (χ4n) is 3.50. The maximum atomic E-state index is 13.0. The van der Waals surface area contributed by atoms with Gasteiger partial charge < -0.3 is 14.2 Å². The molecule has 0 radical (unpaired) electrons. The van der Waals surface area contributed by atoms with Crippen molar-refractivity contribution in [1.82, 2.24) is 4.90 Å². The average Bonchev–Trinajstić information content (AvgIpc) is 2.97. The summed E-state index contributed by atoms with van der Waals surface area (Å²) in [6.07, 6.45) is -0.963. The normalized spacial score (nSPS) is 20.6. The molecule has 1 heterocycles. The van der Waals surface area contributed by atoms with Gasteiger partial charge in [-0.2, -0.15) is 0 Å². The Labute approximate surface area is 165 Å². The number of hydrogen-bond acceptors (Lipinski definition) is 5. The smallest absolute Gasteiger partial charge is 0.412 e. The third-order valence-corrected chi connectivity index (χ3v) is 4.80. The van der Waals surface area contributed by atoms with Crippen molar-refractivity contribution in [2.45, 2.75) is 44.7 Å². The van der Waals surface area contributed by atoms with Crippen molar-refractivity contribution in [2.24, 2.45) is 0 Å². The summed E-state index contributed by atoms with van der Waals surface area (Å²) in [6, 6.07) is 18.6. The van der Waals surface area contributed by atoms with Gasteiger partial charge in [-0.1, -0.05) is 60.7 Å². The molecule has 0 unspecified atom stereocenters. The van der Waals surface area contributed by atoms with Crippen molar-refractivity contribution in [3.8, 4) is 0 Å². The van der Waals surface area contributed by atoms with Crippen LogP contribution in [0.25, 0.3) is 0 Å². The fraction of sp³-hybridized carbons (Fsp3) is 0.364. The van der Waals surface area contributed by atoms with Crippen LogP contribution in [0.5, 0.6) is 0 Å². The van der Waals surface area contributed by atoms with E-state index in [1.807, 2.05) is 60.7 Å². The molecular weight excluding hydrogens is 358 g/mol. The monoisotopic (exact) mass is 383 g/mol. The molecule has 2 atom stereocenters. The fourth-order valence-corrected chi connectivity index (χ4v) is 3.50. The number of carbonyl (C=O) groups excluding carboxylic acids is 2. The molecule has 1 aliphatic rings. The van der Waals surface area contributed by atoms with Crippen LogP contribution < -0.4 is 0 Å². The number of nitrogens with zero attached hydrogens (tertiary/aromatic N) is 1. The van der Waals surface area contributed by atoms with Gasteiger partial charge >= 0.3 is 12.1 Å². The summed E-state index contributed by atoms with van der Waals surface area (Å²) in [5.41, 5.74) is 0.868. The van der Waals surface area contributed by atoms with E-state index in [-0.39, 0.29) is 6.61 Å². The molecule has 0 aliphatic carbocycles. The maximum absolute atomic E-state index is 13.0.